The van der Waals surface area contributed by atoms with Gasteiger partial charge in [-0.2, -0.15) is 0 Å². The van der Waals surface area contributed by atoms with Gasteiger partial charge in [0.25, 0.3) is 0 Å². The number of rotatable bonds is 29. The number of nitrogens with zero attached hydrogens (tertiary/aromatic N) is 1. The lowest BCUT2D eigenvalue weighted by Crippen LogP contribution is -2.44. The molecule has 0 unspecified atom stereocenters. The molecule has 3 heteroatoms. The molecule has 1 heterocycles. The Morgan fingerprint density at radius 2 is 0.775 bits per heavy atom. The maximum absolute atomic E-state index is 6.37. The number of hydrogen-bond acceptors (Lipinski definition) is 2. The Kier molecular flexibility index (Phi) is 24.1. The highest BCUT2D eigenvalue weighted by atomic mass is 16.7. The standard InChI is InChI=1S/C37H76NO2/c1-6-8-10-12-14-16-18-20-22-24-26-28-31-37(34-39-36(40-35-37)30-33-38(3,4)5)32-29-27-25-23-21-19-17-15-13-11-9-7-2/h36H,6-35H2,1-5H3/q+1. The quantitative estimate of drug-likeness (QED) is 0.0662. The van der Waals surface area contributed by atoms with Gasteiger partial charge in [-0.3, -0.25) is 0 Å². The van der Waals surface area contributed by atoms with Crippen LogP contribution in [-0.2, 0) is 9.47 Å². The van der Waals surface area contributed by atoms with E-state index in [-0.39, 0.29) is 11.7 Å². The Morgan fingerprint density at radius 1 is 0.475 bits per heavy atom. The maximum atomic E-state index is 6.37. The SMILES string of the molecule is CCCCCCCCCCCCCCC1(CCCCCCCCCCCCCC)COC(CC[N+](C)(C)C)OC1. The summed E-state index contributed by atoms with van der Waals surface area (Å²) < 4.78 is 13.7. The Morgan fingerprint density at radius 3 is 1.07 bits per heavy atom. The normalized spacial score (nSPS) is 16.1. The topological polar surface area (TPSA) is 18.5 Å². The second-order valence-corrected chi connectivity index (χ2v) is 14.6. The van der Waals surface area contributed by atoms with Gasteiger partial charge in [-0.1, -0.05) is 168 Å². The van der Waals surface area contributed by atoms with E-state index < -0.39 is 0 Å². The third-order valence-electron chi connectivity index (χ3n) is 9.31. The van der Waals surface area contributed by atoms with Crippen LogP contribution in [-0.4, -0.2) is 51.7 Å². The molecule has 0 radical (unpaired) electrons. The van der Waals surface area contributed by atoms with Gasteiger partial charge in [-0.15, -0.1) is 0 Å². The van der Waals surface area contributed by atoms with Gasteiger partial charge in [0.1, 0.15) is 0 Å². The molecule has 0 saturated carbocycles. The van der Waals surface area contributed by atoms with Gasteiger partial charge < -0.3 is 14.0 Å². The van der Waals surface area contributed by atoms with E-state index in [0.717, 1.165) is 30.7 Å². The summed E-state index contributed by atoms with van der Waals surface area (Å²) in [5, 5.41) is 0. The molecule has 0 atom stereocenters. The zero-order valence-corrected chi connectivity index (χ0v) is 28.6. The molecular formula is C37H76NO2+. The van der Waals surface area contributed by atoms with Crippen LogP contribution in [0, 0.1) is 5.41 Å². The molecular weight excluding hydrogens is 490 g/mol. The highest BCUT2D eigenvalue weighted by Crippen LogP contribution is 2.37. The lowest BCUT2D eigenvalue weighted by molar-refractivity contribution is -0.871. The summed E-state index contributed by atoms with van der Waals surface area (Å²) in [6.45, 7) is 7.56. The molecule has 3 nitrogen and oxygen atoms in total. The minimum Gasteiger partial charge on any atom is -0.352 e. The van der Waals surface area contributed by atoms with Gasteiger partial charge in [0.05, 0.1) is 40.9 Å². The molecule has 0 aromatic heterocycles. The minimum atomic E-state index is 0.00872. The Hall–Kier alpha value is -0.120. The maximum Gasteiger partial charge on any atom is 0.162 e. The summed E-state index contributed by atoms with van der Waals surface area (Å²) in [5.74, 6) is 0. The molecule has 240 valence electrons. The lowest BCUT2D eigenvalue weighted by Gasteiger charge is -2.41. The number of unbranched alkanes of at least 4 members (excludes halogenated alkanes) is 22. The lowest BCUT2D eigenvalue weighted by atomic mass is 9.78. The first-order chi connectivity index (χ1) is 19.4. The first kappa shape index (κ1) is 37.9. The molecule has 0 spiro atoms. The Labute approximate surface area is 253 Å². The predicted molar refractivity (Wildman–Crippen MR) is 177 cm³/mol. The number of ether oxygens (including phenoxy) is 2. The molecule has 1 rings (SSSR count). The smallest absolute Gasteiger partial charge is 0.162 e. The van der Waals surface area contributed by atoms with E-state index in [0.29, 0.717) is 0 Å². The first-order valence-electron chi connectivity index (χ1n) is 18.4. The fourth-order valence-electron chi connectivity index (χ4n) is 6.38. The summed E-state index contributed by atoms with van der Waals surface area (Å²) in [6.07, 6.45) is 37.8. The molecule has 1 aliphatic heterocycles. The van der Waals surface area contributed by atoms with Crippen molar-refractivity contribution in [1.29, 1.82) is 0 Å². The van der Waals surface area contributed by atoms with Gasteiger partial charge >= 0.3 is 0 Å². The molecule has 1 fully saturated rings. The van der Waals surface area contributed by atoms with E-state index in [4.69, 9.17) is 9.47 Å². The average Bonchev–Trinajstić information content (AvgIpc) is 2.93. The molecule has 1 aliphatic rings. The molecule has 0 N–H and O–H groups in total. The van der Waals surface area contributed by atoms with Gasteiger partial charge in [0, 0.05) is 11.8 Å². The van der Waals surface area contributed by atoms with Crippen molar-refractivity contribution in [3.63, 3.8) is 0 Å². The van der Waals surface area contributed by atoms with E-state index in [1.165, 1.54) is 167 Å². The average molecular weight is 567 g/mol. The van der Waals surface area contributed by atoms with Crippen molar-refractivity contribution in [3.8, 4) is 0 Å². The minimum absolute atomic E-state index is 0.00872. The van der Waals surface area contributed by atoms with Crippen LogP contribution in [0.5, 0.6) is 0 Å². The monoisotopic (exact) mass is 567 g/mol. The van der Waals surface area contributed by atoms with Crippen LogP contribution in [0.4, 0.5) is 0 Å². The van der Waals surface area contributed by atoms with Crippen LogP contribution in [0.15, 0.2) is 0 Å². The van der Waals surface area contributed by atoms with Gasteiger partial charge in [-0.05, 0) is 12.8 Å². The third kappa shape index (κ3) is 22.5. The molecule has 40 heavy (non-hydrogen) atoms. The van der Waals surface area contributed by atoms with Crippen LogP contribution >= 0.6 is 0 Å². The van der Waals surface area contributed by atoms with Crippen LogP contribution in [0.2, 0.25) is 0 Å². The van der Waals surface area contributed by atoms with Crippen molar-refractivity contribution < 1.29 is 14.0 Å². The van der Waals surface area contributed by atoms with Crippen molar-refractivity contribution >= 4 is 0 Å². The van der Waals surface area contributed by atoms with Gasteiger partial charge in [0.15, 0.2) is 6.29 Å². The summed E-state index contributed by atoms with van der Waals surface area (Å²) in [7, 11) is 6.77. The zero-order valence-electron chi connectivity index (χ0n) is 28.6. The van der Waals surface area contributed by atoms with Crippen molar-refractivity contribution in [3.05, 3.63) is 0 Å². The summed E-state index contributed by atoms with van der Waals surface area (Å²) in [6, 6.07) is 0. The van der Waals surface area contributed by atoms with Crippen molar-refractivity contribution in [2.45, 2.75) is 193 Å². The summed E-state index contributed by atoms with van der Waals surface area (Å²) in [5.41, 5.74) is 0.268. The van der Waals surface area contributed by atoms with Crippen LogP contribution in [0.1, 0.15) is 187 Å². The molecule has 1 saturated heterocycles. The predicted octanol–water partition coefficient (Wildman–Crippen LogP) is 11.6. The highest BCUT2D eigenvalue weighted by molar-refractivity contribution is 4.82. The van der Waals surface area contributed by atoms with Crippen molar-refractivity contribution in [1.82, 2.24) is 0 Å². The van der Waals surface area contributed by atoms with Crippen LogP contribution in [0.25, 0.3) is 0 Å². The summed E-state index contributed by atoms with van der Waals surface area (Å²) >= 11 is 0. The van der Waals surface area contributed by atoms with E-state index in [1.807, 2.05) is 0 Å². The summed E-state index contributed by atoms with van der Waals surface area (Å²) in [4.78, 5) is 0. The second kappa shape index (κ2) is 25.4. The molecule has 0 bridgehead atoms. The molecule has 0 aromatic carbocycles. The fourth-order valence-corrected chi connectivity index (χ4v) is 6.38. The zero-order chi connectivity index (χ0) is 29.2. The van der Waals surface area contributed by atoms with Crippen molar-refractivity contribution in [2.75, 3.05) is 40.9 Å². The van der Waals surface area contributed by atoms with Gasteiger partial charge in [-0.25, -0.2) is 0 Å². The first-order valence-corrected chi connectivity index (χ1v) is 18.4. The molecule has 0 aromatic rings. The van der Waals surface area contributed by atoms with Crippen LogP contribution in [0.3, 0.4) is 0 Å². The Bertz CT molecular complexity index is 491. The van der Waals surface area contributed by atoms with E-state index in [1.54, 1.807) is 0 Å². The van der Waals surface area contributed by atoms with Gasteiger partial charge in [0.2, 0.25) is 0 Å². The molecule has 0 aliphatic carbocycles. The molecule has 0 amide bonds. The second-order valence-electron chi connectivity index (χ2n) is 14.6. The number of quaternary nitrogens is 1. The van der Waals surface area contributed by atoms with E-state index in [9.17, 15) is 0 Å². The van der Waals surface area contributed by atoms with E-state index >= 15 is 0 Å². The third-order valence-corrected chi connectivity index (χ3v) is 9.31. The number of hydrogen-bond donors (Lipinski definition) is 0. The fraction of sp³-hybridized carbons (Fsp3) is 1.00. The Balaban J connectivity index is 2.23. The largest absolute Gasteiger partial charge is 0.352 e. The van der Waals surface area contributed by atoms with Crippen molar-refractivity contribution in [2.24, 2.45) is 5.41 Å². The van der Waals surface area contributed by atoms with Crippen LogP contribution < -0.4 is 0 Å². The van der Waals surface area contributed by atoms with E-state index in [2.05, 4.69) is 35.0 Å². The highest BCUT2D eigenvalue weighted by Gasteiger charge is 2.36.